The van der Waals surface area contributed by atoms with Crippen LogP contribution in [0.1, 0.15) is 349 Å². The molecule has 0 aliphatic carbocycles. The van der Waals surface area contributed by atoms with Crippen molar-refractivity contribution in [1.29, 1.82) is 0 Å². The zero-order valence-electron chi connectivity index (χ0n) is 69.1. The highest BCUT2D eigenvalue weighted by Gasteiger charge is 2.30. The molecular weight excluding hydrogens is 1430 g/mol. The Morgan fingerprint density at radius 3 is 0.755 bits per heavy atom. The average Bonchev–Trinajstić information content (AvgIpc) is 0.942. The monoisotopic (exact) mass is 1580 g/mol. The topological polar surface area (TPSA) is 237 Å². The lowest BCUT2D eigenvalue weighted by Crippen LogP contribution is -2.30. The predicted molar refractivity (Wildman–Crippen MR) is 454 cm³/mol. The van der Waals surface area contributed by atoms with Crippen LogP contribution in [0.4, 0.5) is 0 Å². The number of esters is 4. The first-order chi connectivity index (χ1) is 53.7. The van der Waals surface area contributed by atoms with E-state index in [1.54, 1.807) is 0 Å². The summed E-state index contributed by atoms with van der Waals surface area (Å²) in [6.07, 6.45) is 95.1. The number of hydrogen-bond donors (Lipinski definition) is 3. The number of aliphatic hydroxyl groups excluding tert-OH is 1. The van der Waals surface area contributed by atoms with E-state index in [9.17, 15) is 43.2 Å². The first kappa shape index (κ1) is 105. The molecule has 3 N–H and O–H groups in total. The maximum Gasteiger partial charge on any atom is 0.472 e. The number of carbonyl (C=O) groups excluding carboxylic acids is 4. The number of allylic oxidation sites excluding steroid dienone is 24. The van der Waals surface area contributed by atoms with Gasteiger partial charge in [-0.1, -0.05) is 321 Å². The van der Waals surface area contributed by atoms with Gasteiger partial charge in [0.15, 0.2) is 12.2 Å². The van der Waals surface area contributed by atoms with Gasteiger partial charge in [0.05, 0.1) is 26.4 Å². The lowest BCUT2D eigenvalue weighted by atomic mass is 10.0. The van der Waals surface area contributed by atoms with Gasteiger partial charge in [-0.25, -0.2) is 9.13 Å². The molecule has 5 unspecified atom stereocenters. The van der Waals surface area contributed by atoms with Crippen LogP contribution in [0, 0.1) is 0 Å². The van der Waals surface area contributed by atoms with Crippen molar-refractivity contribution in [3.8, 4) is 0 Å². The van der Waals surface area contributed by atoms with E-state index in [-0.39, 0.29) is 25.7 Å². The number of phosphoric acid groups is 2. The van der Waals surface area contributed by atoms with E-state index in [1.165, 1.54) is 70.6 Å². The van der Waals surface area contributed by atoms with E-state index in [0.717, 1.165) is 199 Å². The van der Waals surface area contributed by atoms with Gasteiger partial charge in [-0.05, 0) is 148 Å². The summed E-state index contributed by atoms with van der Waals surface area (Å²) in [5, 5.41) is 10.7. The van der Waals surface area contributed by atoms with Crippen LogP contribution >= 0.6 is 15.6 Å². The summed E-state index contributed by atoms with van der Waals surface area (Å²) in [6, 6.07) is 0. The fraction of sp³-hybridized carbons (Fsp3) is 0.692. The molecule has 0 aromatic rings. The van der Waals surface area contributed by atoms with Crippen LogP contribution < -0.4 is 0 Å². The molecule has 0 aliphatic heterocycles. The molecule has 0 rings (SSSR count). The zero-order chi connectivity index (χ0) is 80.3. The van der Waals surface area contributed by atoms with Gasteiger partial charge in [0.25, 0.3) is 0 Å². The van der Waals surface area contributed by atoms with E-state index < -0.39 is 97.5 Å². The summed E-state index contributed by atoms with van der Waals surface area (Å²) in [5.74, 6) is -2.23. The van der Waals surface area contributed by atoms with Gasteiger partial charge in [0.1, 0.15) is 19.3 Å². The van der Waals surface area contributed by atoms with Crippen LogP contribution in [-0.2, 0) is 65.4 Å². The fourth-order valence-corrected chi connectivity index (χ4v) is 12.9. The van der Waals surface area contributed by atoms with Crippen molar-refractivity contribution in [2.45, 2.75) is 367 Å². The summed E-state index contributed by atoms with van der Waals surface area (Å²) in [6.45, 7) is 4.59. The summed E-state index contributed by atoms with van der Waals surface area (Å²) in [7, 11) is -9.99. The lowest BCUT2D eigenvalue weighted by Gasteiger charge is -2.21. The van der Waals surface area contributed by atoms with Gasteiger partial charge in [-0.3, -0.25) is 37.3 Å². The van der Waals surface area contributed by atoms with Gasteiger partial charge in [-0.15, -0.1) is 0 Å². The van der Waals surface area contributed by atoms with Crippen molar-refractivity contribution in [2.75, 3.05) is 39.6 Å². The summed E-state index contributed by atoms with van der Waals surface area (Å²) < 4.78 is 68.8. The third-order valence-corrected chi connectivity index (χ3v) is 19.7. The summed E-state index contributed by atoms with van der Waals surface area (Å²) in [4.78, 5) is 73.3. The molecule has 17 nitrogen and oxygen atoms in total. The van der Waals surface area contributed by atoms with Crippen molar-refractivity contribution in [3.63, 3.8) is 0 Å². The van der Waals surface area contributed by atoms with E-state index >= 15 is 0 Å². The maximum absolute atomic E-state index is 13.2. The Hall–Kier alpha value is -5.06. The Bertz CT molecular complexity index is 2650. The Morgan fingerprint density at radius 1 is 0.264 bits per heavy atom. The highest BCUT2D eigenvalue weighted by Crippen LogP contribution is 2.45. The Morgan fingerprint density at radius 2 is 0.473 bits per heavy atom. The Kier molecular flexibility index (Phi) is 78.2. The molecule has 0 saturated heterocycles. The van der Waals surface area contributed by atoms with Crippen LogP contribution in [0.25, 0.3) is 0 Å². The number of ether oxygens (including phenoxy) is 4. The summed E-state index contributed by atoms with van der Waals surface area (Å²) in [5.41, 5.74) is 0. The number of aliphatic hydroxyl groups is 1. The number of phosphoric ester groups is 2. The fourth-order valence-electron chi connectivity index (χ4n) is 11.3. The van der Waals surface area contributed by atoms with Gasteiger partial charge in [0, 0.05) is 25.7 Å². The minimum Gasteiger partial charge on any atom is -0.462 e. The SMILES string of the molecule is CC/C=C\C/C=C\C/C=C\C/C=C\C/C=C\CCCCCC(=O)OCC(COP(=O)(O)OCC(O)COP(=O)(O)OCC(COC(=O)CCCCCCCC/C=C\C/C=C\C/C=C\C/C=C\CC)OC(=O)CCCCCCCC/C=C\C/C=C\C/C=C\CCCCC)OC(=O)CCCCCCCCCCCCCCC. The molecule has 0 saturated carbocycles. The molecule has 0 aromatic heterocycles. The van der Waals surface area contributed by atoms with Gasteiger partial charge >= 0.3 is 39.5 Å². The maximum atomic E-state index is 13.2. The second-order valence-electron chi connectivity index (χ2n) is 28.4. The third-order valence-electron chi connectivity index (χ3n) is 17.8. The molecule has 0 spiro atoms. The van der Waals surface area contributed by atoms with Crippen molar-refractivity contribution in [1.82, 2.24) is 0 Å². The molecule has 110 heavy (non-hydrogen) atoms. The number of hydrogen-bond acceptors (Lipinski definition) is 15. The summed E-state index contributed by atoms with van der Waals surface area (Å²) >= 11 is 0. The average molecular weight is 1580 g/mol. The second-order valence-corrected chi connectivity index (χ2v) is 31.3. The van der Waals surface area contributed by atoms with Crippen LogP contribution in [0.15, 0.2) is 146 Å². The first-order valence-electron chi connectivity index (χ1n) is 43.1. The van der Waals surface area contributed by atoms with Crippen LogP contribution in [-0.4, -0.2) is 96.7 Å². The van der Waals surface area contributed by atoms with Crippen molar-refractivity contribution in [3.05, 3.63) is 146 Å². The standard InChI is InChI=1S/C91H154O17P2/c1-5-9-13-17-21-25-29-33-36-39-42-45-48-52-55-59-63-67-71-75-88(93)101-81-86(107-90(95)77-73-69-65-61-57-51-32-28-24-20-16-12-8-4)83-105-109(97,98)103-79-85(92)80-104-110(99,100)106-84-87(108-91(96)78-74-70-66-62-58-54-50-47-44-41-38-35-31-27-23-19-15-11-7-3)82-102-89(94)76-72-68-64-60-56-53-49-46-43-40-37-34-30-26-22-18-14-10-6-2/h9-10,13-14,21-23,25-27,33-38,42-47,52,55,85-87,92H,5-8,11-12,15-20,24,28-32,39-41,48-51,53-54,56-84H2,1-4H3,(H,97,98)(H,99,100)/b13-9-,14-10-,25-21-,26-22-,27-23-,36-33-,37-34-,38-35-,45-42-,46-43-,47-44-,55-52-. The predicted octanol–water partition coefficient (Wildman–Crippen LogP) is 25.8. The third kappa shape index (κ3) is 81.0. The highest BCUT2D eigenvalue weighted by molar-refractivity contribution is 7.47. The largest absolute Gasteiger partial charge is 0.472 e. The van der Waals surface area contributed by atoms with Crippen LogP contribution in [0.5, 0.6) is 0 Å². The van der Waals surface area contributed by atoms with Gasteiger partial charge in [-0.2, -0.15) is 0 Å². The molecule has 0 aliphatic rings. The number of rotatable bonds is 80. The van der Waals surface area contributed by atoms with Crippen LogP contribution in [0.3, 0.4) is 0 Å². The Labute approximate surface area is 668 Å². The zero-order valence-corrected chi connectivity index (χ0v) is 70.9. The van der Waals surface area contributed by atoms with Crippen molar-refractivity contribution >= 4 is 39.5 Å². The van der Waals surface area contributed by atoms with Crippen molar-refractivity contribution in [2.24, 2.45) is 0 Å². The van der Waals surface area contributed by atoms with E-state index in [2.05, 4.69) is 174 Å². The minimum atomic E-state index is -5.00. The minimum absolute atomic E-state index is 0.0732. The smallest absolute Gasteiger partial charge is 0.462 e. The normalized spacial score (nSPS) is 14.5. The molecule has 19 heteroatoms. The molecule has 630 valence electrons. The van der Waals surface area contributed by atoms with E-state index in [1.807, 2.05) is 0 Å². The molecule has 0 amide bonds. The molecule has 0 heterocycles. The van der Waals surface area contributed by atoms with Crippen molar-refractivity contribution < 1.29 is 80.2 Å². The molecular formula is C91H154O17P2. The van der Waals surface area contributed by atoms with Gasteiger partial charge in [0.2, 0.25) is 0 Å². The number of carbonyl (C=O) groups is 4. The van der Waals surface area contributed by atoms with E-state index in [0.29, 0.717) is 25.7 Å². The molecule has 0 bridgehead atoms. The molecule has 5 atom stereocenters. The lowest BCUT2D eigenvalue weighted by molar-refractivity contribution is -0.161. The second kappa shape index (κ2) is 81.9. The molecule has 0 aromatic carbocycles. The Balaban J connectivity index is 5.42. The quantitative estimate of drug-likeness (QED) is 0.0169. The number of unbranched alkanes of at least 4 members (excludes halogenated alkanes) is 30. The first-order valence-corrected chi connectivity index (χ1v) is 46.1. The highest BCUT2D eigenvalue weighted by atomic mass is 31.2. The molecule has 0 fully saturated rings. The van der Waals surface area contributed by atoms with Crippen LogP contribution in [0.2, 0.25) is 0 Å². The van der Waals surface area contributed by atoms with E-state index in [4.69, 9.17) is 37.0 Å². The van der Waals surface area contributed by atoms with Gasteiger partial charge < -0.3 is 33.8 Å². The molecule has 0 radical (unpaired) electrons.